The van der Waals surface area contributed by atoms with Crippen molar-refractivity contribution in [2.45, 2.75) is 13.1 Å². The lowest BCUT2D eigenvalue weighted by atomic mass is 10.4. The third-order valence-corrected chi connectivity index (χ3v) is 2.59. The molecule has 2 heterocycles. The van der Waals surface area contributed by atoms with Crippen LogP contribution in [0.15, 0.2) is 23.0 Å². The number of hydrogen-bond acceptors (Lipinski definition) is 5. The Hall–Kier alpha value is -1.40. The molecule has 0 unspecified atom stereocenters. The van der Waals surface area contributed by atoms with Crippen LogP contribution < -0.4 is 5.32 Å². The summed E-state index contributed by atoms with van der Waals surface area (Å²) < 4.78 is 1.63. The Bertz CT molecular complexity index is 398. The maximum Gasteiger partial charge on any atom is 0.102 e. The summed E-state index contributed by atoms with van der Waals surface area (Å²) in [6, 6.07) is 2.02. The summed E-state index contributed by atoms with van der Waals surface area (Å²) in [6.07, 6.45) is 1.83. The molecule has 0 fully saturated rings. The standard InChI is InChI=1S/C9H12N4OS/c14-3-2-13-6-9(11-12-13)5-10-8-1-4-15-7-8/h1,4,6-7,10,14H,2-3,5H2. The summed E-state index contributed by atoms with van der Waals surface area (Å²) in [5.41, 5.74) is 1.96. The summed E-state index contributed by atoms with van der Waals surface area (Å²) in [5.74, 6) is 0. The number of nitrogens with one attached hydrogen (secondary N) is 1. The van der Waals surface area contributed by atoms with Gasteiger partial charge in [-0.05, 0) is 11.4 Å². The Morgan fingerprint density at radius 1 is 1.53 bits per heavy atom. The Kier molecular flexibility index (Phi) is 3.31. The van der Waals surface area contributed by atoms with Crippen LogP contribution in [0.4, 0.5) is 5.69 Å². The van der Waals surface area contributed by atoms with Gasteiger partial charge in [0.25, 0.3) is 0 Å². The maximum absolute atomic E-state index is 8.71. The molecule has 0 atom stereocenters. The summed E-state index contributed by atoms with van der Waals surface area (Å²) in [5, 5.41) is 23.8. The lowest BCUT2D eigenvalue weighted by Gasteiger charge is -1.98. The fourth-order valence-corrected chi connectivity index (χ4v) is 1.80. The van der Waals surface area contributed by atoms with E-state index < -0.39 is 0 Å². The molecule has 0 amide bonds. The largest absolute Gasteiger partial charge is 0.394 e. The minimum Gasteiger partial charge on any atom is -0.394 e. The molecule has 0 spiro atoms. The highest BCUT2D eigenvalue weighted by Gasteiger charge is 2.00. The second kappa shape index (κ2) is 4.90. The van der Waals surface area contributed by atoms with Crippen LogP contribution in [0.1, 0.15) is 5.69 Å². The summed E-state index contributed by atoms with van der Waals surface area (Å²) in [7, 11) is 0. The Morgan fingerprint density at radius 2 is 2.47 bits per heavy atom. The molecule has 2 rings (SSSR count). The summed E-state index contributed by atoms with van der Waals surface area (Å²) >= 11 is 1.65. The van der Waals surface area contributed by atoms with Gasteiger partial charge in [0.2, 0.25) is 0 Å². The number of aromatic nitrogens is 3. The van der Waals surface area contributed by atoms with Gasteiger partial charge in [-0.15, -0.1) is 5.10 Å². The Labute approximate surface area is 91.4 Å². The molecule has 2 aromatic heterocycles. The van der Waals surface area contributed by atoms with Crippen LogP contribution in [-0.2, 0) is 13.1 Å². The van der Waals surface area contributed by atoms with E-state index in [0.717, 1.165) is 11.4 Å². The van der Waals surface area contributed by atoms with Gasteiger partial charge in [-0.1, -0.05) is 5.21 Å². The second-order valence-corrected chi connectivity index (χ2v) is 3.84. The van der Waals surface area contributed by atoms with E-state index in [2.05, 4.69) is 15.6 Å². The van der Waals surface area contributed by atoms with Crippen molar-refractivity contribution in [2.24, 2.45) is 0 Å². The van der Waals surface area contributed by atoms with Gasteiger partial charge in [0.15, 0.2) is 0 Å². The highest BCUT2D eigenvalue weighted by atomic mass is 32.1. The molecule has 15 heavy (non-hydrogen) atoms. The fraction of sp³-hybridized carbons (Fsp3) is 0.333. The predicted octanol–water partition coefficient (Wildman–Crippen LogP) is 0.944. The van der Waals surface area contributed by atoms with Gasteiger partial charge in [0.05, 0.1) is 25.9 Å². The van der Waals surface area contributed by atoms with E-state index in [9.17, 15) is 0 Å². The lowest BCUT2D eigenvalue weighted by Crippen LogP contribution is -2.02. The maximum atomic E-state index is 8.71. The van der Waals surface area contributed by atoms with Crippen molar-refractivity contribution in [3.8, 4) is 0 Å². The van der Waals surface area contributed by atoms with Gasteiger partial charge in [-0.2, -0.15) is 11.3 Å². The first-order valence-electron chi connectivity index (χ1n) is 4.64. The minimum absolute atomic E-state index is 0.0841. The third-order valence-electron chi connectivity index (χ3n) is 1.91. The summed E-state index contributed by atoms with van der Waals surface area (Å²) in [6.45, 7) is 1.23. The number of anilines is 1. The van der Waals surface area contributed by atoms with E-state index >= 15 is 0 Å². The molecule has 0 bridgehead atoms. The number of rotatable bonds is 5. The van der Waals surface area contributed by atoms with Gasteiger partial charge in [0, 0.05) is 11.1 Å². The molecule has 0 aliphatic heterocycles. The van der Waals surface area contributed by atoms with Gasteiger partial charge in [-0.3, -0.25) is 0 Å². The highest BCUT2D eigenvalue weighted by Crippen LogP contribution is 2.12. The third kappa shape index (κ3) is 2.77. The van der Waals surface area contributed by atoms with Crippen molar-refractivity contribution in [1.29, 1.82) is 0 Å². The van der Waals surface area contributed by atoms with Crippen LogP contribution in [0.3, 0.4) is 0 Å². The van der Waals surface area contributed by atoms with Crippen LogP contribution in [0.5, 0.6) is 0 Å². The zero-order valence-corrected chi connectivity index (χ0v) is 8.94. The molecule has 2 aromatic rings. The molecule has 0 saturated heterocycles. The zero-order chi connectivity index (χ0) is 10.5. The van der Waals surface area contributed by atoms with Crippen molar-refractivity contribution in [3.05, 3.63) is 28.7 Å². The van der Waals surface area contributed by atoms with Crippen LogP contribution in [0, 0.1) is 0 Å². The van der Waals surface area contributed by atoms with E-state index in [-0.39, 0.29) is 6.61 Å². The van der Waals surface area contributed by atoms with Crippen molar-refractivity contribution in [2.75, 3.05) is 11.9 Å². The first kappa shape index (κ1) is 10.1. The van der Waals surface area contributed by atoms with Crippen molar-refractivity contribution in [3.63, 3.8) is 0 Å². The van der Waals surface area contributed by atoms with Gasteiger partial charge in [-0.25, -0.2) is 4.68 Å². The molecule has 0 aliphatic rings. The Morgan fingerprint density at radius 3 is 3.20 bits per heavy atom. The molecule has 0 radical (unpaired) electrons. The second-order valence-electron chi connectivity index (χ2n) is 3.06. The SMILES string of the molecule is OCCn1cc(CNc2ccsc2)nn1. The summed E-state index contributed by atoms with van der Waals surface area (Å²) in [4.78, 5) is 0. The molecule has 2 N–H and O–H groups in total. The van der Waals surface area contributed by atoms with E-state index in [0.29, 0.717) is 13.1 Å². The molecular formula is C9H12N4OS. The van der Waals surface area contributed by atoms with Gasteiger partial charge >= 0.3 is 0 Å². The van der Waals surface area contributed by atoms with E-state index in [1.807, 2.05) is 23.0 Å². The van der Waals surface area contributed by atoms with Gasteiger partial charge < -0.3 is 10.4 Å². The van der Waals surface area contributed by atoms with Crippen molar-refractivity contribution >= 4 is 17.0 Å². The minimum atomic E-state index is 0.0841. The number of thiophene rings is 1. The van der Waals surface area contributed by atoms with Crippen LogP contribution in [0.25, 0.3) is 0 Å². The molecular weight excluding hydrogens is 212 g/mol. The molecule has 0 saturated carbocycles. The first-order valence-corrected chi connectivity index (χ1v) is 5.58. The number of hydrogen-bond donors (Lipinski definition) is 2. The predicted molar refractivity (Wildman–Crippen MR) is 58.8 cm³/mol. The average Bonchev–Trinajstić information content (AvgIpc) is 2.85. The van der Waals surface area contributed by atoms with Crippen LogP contribution >= 0.6 is 11.3 Å². The van der Waals surface area contributed by atoms with E-state index in [1.165, 1.54) is 0 Å². The molecule has 0 aliphatic carbocycles. The van der Waals surface area contributed by atoms with E-state index in [1.54, 1.807) is 16.0 Å². The normalized spacial score (nSPS) is 10.5. The zero-order valence-electron chi connectivity index (χ0n) is 8.13. The fourth-order valence-electron chi connectivity index (χ4n) is 1.19. The van der Waals surface area contributed by atoms with Crippen molar-refractivity contribution < 1.29 is 5.11 Å². The Balaban J connectivity index is 1.88. The first-order chi connectivity index (χ1) is 7.38. The topological polar surface area (TPSA) is 63.0 Å². The van der Waals surface area contributed by atoms with Crippen molar-refractivity contribution in [1.82, 2.24) is 15.0 Å². The number of aliphatic hydroxyl groups is 1. The molecule has 6 heteroatoms. The monoisotopic (exact) mass is 224 g/mol. The van der Waals surface area contributed by atoms with E-state index in [4.69, 9.17) is 5.11 Å². The highest BCUT2D eigenvalue weighted by molar-refractivity contribution is 7.08. The van der Waals surface area contributed by atoms with Crippen LogP contribution in [0.2, 0.25) is 0 Å². The van der Waals surface area contributed by atoms with Gasteiger partial charge in [0.1, 0.15) is 5.69 Å². The molecule has 80 valence electrons. The molecule has 5 nitrogen and oxygen atoms in total. The number of aliphatic hydroxyl groups excluding tert-OH is 1. The quantitative estimate of drug-likeness (QED) is 0.793. The molecule has 0 aromatic carbocycles. The number of nitrogens with zero attached hydrogens (tertiary/aromatic N) is 3. The smallest absolute Gasteiger partial charge is 0.102 e. The lowest BCUT2D eigenvalue weighted by molar-refractivity contribution is 0.268. The average molecular weight is 224 g/mol. The van der Waals surface area contributed by atoms with Crippen LogP contribution in [-0.4, -0.2) is 26.7 Å².